The van der Waals surface area contributed by atoms with Crippen molar-refractivity contribution in [1.82, 2.24) is 24.6 Å². The number of benzene rings is 2. The van der Waals surface area contributed by atoms with Crippen LogP contribution in [0.25, 0.3) is 22.3 Å². The van der Waals surface area contributed by atoms with Gasteiger partial charge in [0.1, 0.15) is 29.3 Å². The number of piperidine rings is 1. The van der Waals surface area contributed by atoms with E-state index in [0.29, 0.717) is 17.9 Å². The van der Waals surface area contributed by atoms with Crippen molar-refractivity contribution in [2.45, 2.75) is 38.8 Å². The van der Waals surface area contributed by atoms with Crippen LogP contribution in [0.5, 0.6) is 11.5 Å². The first-order valence-corrected chi connectivity index (χ1v) is 11.2. The van der Waals surface area contributed by atoms with Crippen LogP contribution in [0.2, 0.25) is 0 Å². The van der Waals surface area contributed by atoms with Gasteiger partial charge < -0.3 is 15.4 Å². The van der Waals surface area contributed by atoms with Gasteiger partial charge >= 0.3 is 0 Å². The lowest BCUT2D eigenvalue weighted by atomic mass is 10.0. The number of nitrogens with two attached hydrogens (primary N) is 1. The van der Waals surface area contributed by atoms with E-state index in [2.05, 4.69) is 33.4 Å². The van der Waals surface area contributed by atoms with Crippen molar-refractivity contribution in [1.29, 1.82) is 0 Å². The first kappa shape index (κ1) is 20.5. The summed E-state index contributed by atoms with van der Waals surface area (Å²) in [6.45, 7) is 6.62. The zero-order valence-corrected chi connectivity index (χ0v) is 18.5. The highest BCUT2D eigenvalue weighted by molar-refractivity contribution is 5.98. The standard InChI is InChI=1S/C25H28N6O/c1-17(2)30-14-12-19(13-15-30)31-25-22(24(26)27-16-28-25)23(29-31)18-8-10-21(11-9-18)32-20-6-4-3-5-7-20/h3-11,16-17,19H,12-15H2,1-2H3,(H2,26,27,28). The molecule has 2 aromatic carbocycles. The molecule has 3 heterocycles. The minimum Gasteiger partial charge on any atom is -0.457 e. The summed E-state index contributed by atoms with van der Waals surface area (Å²) in [5.41, 5.74) is 8.88. The Morgan fingerprint density at radius 3 is 2.31 bits per heavy atom. The molecule has 0 spiro atoms. The molecule has 32 heavy (non-hydrogen) atoms. The van der Waals surface area contributed by atoms with E-state index < -0.39 is 0 Å². The fourth-order valence-electron chi connectivity index (χ4n) is 4.40. The first-order chi connectivity index (χ1) is 15.6. The summed E-state index contributed by atoms with van der Waals surface area (Å²) >= 11 is 0. The quantitative estimate of drug-likeness (QED) is 0.486. The van der Waals surface area contributed by atoms with Gasteiger partial charge in [-0.05, 0) is 63.1 Å². The molecule has 164 valence electrons. The average molecular weight is 429 g/mol. The van der Waals surface area contributed by atoms with Crippen LogP contribution in [0.15, 0.2) is 60.9 Å². The molecule has 2 N–H and O–H groups in total. The van der Waals surface area contributed by atoms with E-state index in [1.54, 1.807) is 0 Å². The highest BCUT2D eigenvalue weighted by atomic mass is 16.5. The molecule has 1 fully saturated rings. The third kappa shape index (κ3) is 3.91. The first-order valence-electron chi connectivity index (χ1n) is 11.2. The molecule has 0 amide bonds. The van der Waals surface area contributed by atoms with Crippen LogP contribution in [0.4, 0.5) is 5.82 Å². The number of hydrogen-bond donors (Lipinski definition) is 1. The molecule has 0 aliphatic carbocycles. The number of anilines is 1. The Bertz CT molecular complexity index is 1190. The summed E-state index contributed by atoms with van der Waals surface area (Å²) in [6, 6.07) is 18.5. The van der Waals surface area contributed by atoms with Crippen molar-refractivity contribution >= 4 is 16.9 Å². The minimum absolute atomic E-state index is 0.302. The molecule has 0 saturated carbocycles. The highest BCUT2D eigenvalue weighted by Crippen LogP contribution is 2.35. The Balaban J connectivity index is 1.47. The maximum absolute atomic E-state index is 6.29. The molecular weight excluding hydrogens is 400 g/mol. The number of aromatic nitrogens is 4. The third-order valence-corrected chi connectivity index (χ3v) is 6.20. The molecule has 0 bridgehead atoms. The Hall–Kier alpha value is -3.45. The van der Waals surface area contributed by atoms with Crippen molar-refractivity contribution in [3.8, 4) is 22.8 Å². The van der Waals surface area contributed by atoms with Gasteiger partial charge in [-0.2, -0.15) is 5.10 Å². The minimum atomic E-state index is 0.302. The molecule has 0 atom stereocenters. The average Bonchev–Trinajstić information content (AvgIpc) is 3.21. The predicted molar refractivity (Wildman–Crippen MR) is 127 cm³/mol. The Labute approximate surface area is 187 Å². The molecule has 0 radical (unpaired) electrons. The molecule has 5 rings (SSSR count). The summed E-state index contributed by atoms with van der Waals surface area (Å²) < 4.78 is 7.99. The van der Waals surface area contributed by atoms with Crippen molar-refractivity contribution in [2.24, 2.45) is 0 Å². The molecule has 1 aliphatic heterocycles. The second-order valence-corrected chi connectivity index (χ2v) is 8.55. The van der Waals surface area contributed by atoms with Crippen molar-refractivity contribution in [2.75, 3.05) is 18.8 Å². The van der Waals surface area contributed by atoms with Gasteiger partial charge in [0.25, 0.3) is 0 Å². The van der Waals surface area contributed by atoms with Gasteiger partial charge in [-0.1, -0.05) is 18.2 Å². The summed E-state index contributed by atoms with van der Waals surface area (Å²) in [4.78, 5) is 11.3. The van der Waals surface area contributed by atoms with E-state index >= 15 is 0 Å². The topological polar surface area (TPSA) is 82.1 Å². The van der Waals surface area contributed by atoms with Crippen LogP contribution in [0.1, 0.15) is 32.7 Å². The van der Waals surface area contributed by atoms with Gasteiger partial charge in [-0.15, -0.1) is 0 Å². The van der Waals surface area contributed by atoms with Gasteiger partial charge in [0.2, 0.25) is 0 Å². The molecule has 0 unspecified atom stereocenters. The van der Waals surface area contributed by atoms with Crippen LogP contribution in [-0.4, -0.2) is 43.8 Å². The van der Waals surface area contributed by atoms with E-state index in [1.807, 2.05) is 54.6 Å². The van der Waals surface area contributed by atoms with Gasteiger partial charge in [-0.3, -0.25) is 0 Å². The summed E-state index contributed by atoms with van der Waals surface area (Å²) in [5, 5.41) is 5.82. The lowest BCUT2D eigenvalue weighted by molar-refractivity contribution is 0.148. The number of hydrogen-bond acceptors (Lipinski definition) is 6. The van der Waals surface area contributed by atoms with E-state index in [1.165, 1.54) is 6.33 Å². The van der Waals surface area contributed by atoms with Crippen molar-refractivity contribution in [3.05, 3.63) is 60.9 Å². The second-order valence-electron chi connectivity index (χ2n) is 8.55. The zero-order valence-electron chi connectivity index (χ0n) is 18.5. The maximum Gasteiger partial charge on any atom is 0.164 e. The molecule has 7 nitrogen and oxygen atoms in total. The monoisotopic (exact) mass is 428 g/mol. The zero-order chi connectivity index (χ0) is 22.1. The Morgan fingerprint density at radius 1 is 0.938 bits per heavy atom. The third-order valence-electron chi connectivity index (χ3n) is 6.20. The molecule has 1 aliphatic rings. The second kappa shape index (κ2) is 8.59. The van der Waals surface area contributed by atoms with Crippen LogP contribution in [0.3, 0.4) is 0 Å². The lowest BCUT2D eigenvalue weighted by Crippen LogP contribution is -2.39. The fourth-order valence-corrected chi connectivity index (χ4v) is 4.40. The van der Waals surface area contributed by atoms with E-state index in [0.717, 1.165) is 59.7 Å². The van der Waals surface area contributed by atoms with E-state index in [9.17, 15) is 0 Å². The number of nitrogen functional groups attached to an aromatic ring is 1. The smallest absolute Gasteiger partial charge is 0.164 e. The SMILES string of the molecule is CC(C)N1CCC(n2nc(-c3ccc(Oc4ccccc4)cc3)c3c(N)ncnc32)CC1. The fraction of sp³-hybridized carbons (Fsp3) is 0.320. The van der Waals surface area contributed by atoms with Crippen LogP contribution in [0, 0.1) is 0 Å². The normalized spacial score (nSPS) is 15.5. The number of likely N-dealkylation sites (tertiary alicyclic amines) is 1. The Morgan fingerprint density at radius 2 is 1.62 bits per heavy atom. The number of para-hydroxylation sites is 1. The molecule has 4 aromatic rings. The summed E-state index contributed by atoms with van der Waals surface area (Å²) in [5.74, 6) is 2.04. The highest BCUT2D eigenvalue weighted by Gasteiger charge is 2.26. The predicted octanol–water partition coefficient (Wildman–Crippen LogP) is 4.91. The van der Waals surface area contributed by atoms with Gasteiger partial charge in [0.15, 0.2) is 5.65 Å². The lowest BCUT2D eigenvalue weighted by Gasteiger charge is -2.34. The van der Waals surface area contributed by atoms with Crippen LogP contribution >= 0.6 is 0 Å². The Kier molecular flexibility index (Phi) is 5.49. The van der Waals surface area contributed by atoms with Crippen LogP contribution < -0.4 is 10.5 Å². The van der Waals surface area contributed by atoms with E-state index in [-0.39, 0.29) is 0 Å². The van der Waals surface area contributed by atoms with Gasteiger partial charge in [0.05, 0.1) is 11.4 Å². The van der Waals surface area contributed by atoms with Gasteiger partial charge in [0, 0.05) is 24.7 Å². The number of nitrogens with zero attached hydrogens (tertiary/aromatic N) is 5. The molecule has 7 heteroatoms. The number of ether oxygens (including phenoxy) is 1. The van der Waals surface area contributed by atoms with Crippen molar-refractivity contribution < 1.29 is 4.74 Å². The molecule has 1 saturated heterocycles. The maximum atomic E-state index is 6.29. The van der Waals surface area contributed by atoms with Gasteiger partial charge in [-0.25, -0.2) is 14.6 Å². The number of fused-ring (bicyclic) bond motifs is 1. The largest absolute Gasteiger partial charge is 0.457 e. The molecule has 2 aromatic heterocycles. The number of rotatable bonds is 5. The van der Waals surface area contributed by atoms with E-state index in [4.69, 9.17) is 15.6 Å². The molecular formula is C25H28N6O. The summed E-state index contributed by atoms with van der Waals surface area (Å²) in [6.07, 6.45) is 3.62. The van der Waals surface area contributed by atoms with Crippen molar-refractivity contribution in [3.63, 3.8) is 0 Å². The summed E-state index contributed by atoms with van der Waals surface area (Å²) in [7, 11) is 0. The van der Waals surface area contributed by atoms with Crippen LogP contribution in [-0.2, 0) is 0 Å².